The number of aromatic nitrogens is 1. The molecule has 0 spiro atoms. The molecule has 0 unspecified atom stereocenters. The van der Waals surface area contributed by atoms with Crippen LogP contribution in [0.1, 0.15) is 42.7 Å². The van der Waals surface area contributed by atoms with E-state index in [1.165, 1.54) is 36.8 Å². The molecule has 126 valence electrons. The molecule has 1 aliphatic heterocycles. The van der Waals surface area contributed by atoms with Gasteiger partial charge in [-0.15, -0.1) is 0 Å². The number of nitrogens with zero attached hydrogens (tertiary/aromatic N) is 1. The second kappa shape index (κ2) is 6.44. The molecule has 2 aliphatic rings. The molecule has 0 atom stereocenters. The number of nitrogens with one attached hydrogen (secondary N) is 1. The molecule has 1 aromatic heterocycles. The first kappa shape index (κ1) is 15.5. The summed E-state index contributed by atoms with van der Waals surface area (Å²) in [4.78, 5) is 4.69. The molecule has 1 aromatic carbocycles. The van der Waals surface area contributed by atoms with E-state index in [-0.39, 0.29) is 0 Å². The Hall–Kier alpha value is -2.07. The quantitative estimate of drug-likeness (QED) is 0.889. The number of aryl methyl sites for hydroxylation is 1. The molecule has 1 saturated heterocycles. The minimum Gasteiger partial charge on any atom is -0.382 e. The highest BCUT2D eigenvalue weighted by atomic mass is 16.5. The van der Waals surface area contributed by atoms with Crippen LogP contribution in [0.2, 0.25) is 0 Å². The first-order valence-corrected chi connectivity index (χ1v) is 8.92. The van der Waals surface area contributed by atoms with Crippen molar-refractivity contribution in [2.24, 2.45) is 0 Å². The number of benzene rings is 1. The van der Waals surface area contributed by atoms with Crippen LogP contribution in [0.25, 0.3) is 11.3 Å². The summed E-state index contributed by atoms with van der Waals surface area (Å²) in [5.41, 5.74) is 12.1. The average molecular weight is 323 g/mol. The van der Waals surface area contributed by atoms with Crippen molar-refractivity contribution in [3.8, 4) is 11.3 Å². The maximum Gasteiger partial charge on any atom is 0.147 e. The Kier molecular flexibility index (Phi) is 4.15. The van der Waals surface area contributed by atoms with Gasteiger partial charge in [0.1, 0.15) is 5.82 Å². The van der Waals surface area contributed by atoms with Crippen LogP contribution in [-0.2, 0) is 4.74 Å². The lowest BCUT2D eigenvalue weighted by atomic mass is 9.94. The van der Waals surface area contributed by atoms with Gasteiger partial charge in [-0.2, -0.15) is 0 Å². The monoisotopic (exact) mass is 323 g/mol. The highest BCUT2D eigenvalue weighted by Gasteiger charge is 2.26. The Bertz CT molecular complexity index is 716. The van der Waals surface area contributed by atoms with Crippen molar-refractivity contribution in [2.45, 2.75) is 44.6 Å². The number of pyridine rings is 1. The van der Waals surface area contributed by atoms with E-state index >= 15 is 0 Å². The smallest absolute Gasteiger partial charge is 0.147 e. The van der Waals surface area contributed by atoms with Gasteiger partial charge in [0, 0.05) is 5.56 Å². The van der Waals surface area contributed by atoms with Crippen LogP contribution >= 0.6 is 0 Å². The molecule has 0 amide bonds. The summed E-state index contributed by atoms with van der Waals surface area (Å²) in [5, 5.41) is 3.57. The highest BCUT2D eigenvalue weighted by Crippen LogP contribution is 2.41. The van der Waals surface area contributed by atoms with Gasteiger partial charge >= 0.3 is 0 Å². The van der Waals surface area contributed by atoms with Crippen LogP contribution < -0.4 is 11.1 Å². The predicted molar refractivity (Wildman–Crippen MR) is 98.3 cm³/mol. The second-order valence-electron chi connectivity index (χ2n) is 7.08. The lowest BCUT2D eigenvalue weighted by molar-refractivity contribution is 0.0211. The van der Waals surface area contributed by atoms with Gasteiger partial charge in [0.25, 0.3) is 0 Å². The van der Waals surface area contributed by atoms with E-state index in [4.69, 9.17) is 15.5 Å². The van der Waals surface area contributed by atoms with Gasteiger partial charge in [0.05, 0.1) is 30.6 Å². The van der Waals surface area contributed by atoms with Gasteiger partial charge in [-0.3, -0.25) is 0 Å². The van der Waals surface area contributed by atoms with E-state index in [1.807, 2.05) is 0 Å². The molecule has 1 saturated carbocycles. The van der Waals surface area contributed by atoms with Crippen molar-refractivity contribution < 1.29 is 4.74 Å². The minimum atomic E-state index is 0.361. The summed E-state index contributed by atoms with van der Waals surface area (Å²) >= 11 is 0. The number of ether oxygens (including phenoxy) is 1. The topological polar surface area (TPSA) is 60.2 Å². The number of hydrogen-bond donors (Lipinski definition) is 2. The molecule has 24 heavy (non-hydrogen) atoms. The number of nitrogens with two attached hydrogens (primary N) is 1. The van der Waals surface area contributed by atoms with Gasteiger partial charge in [-0.05, 0) is 37.3 Å². The Morgan fingerprint density at radius 3 is 2.46 bits per heavy atom. The standard InChI is InChI=1S/C20H25N3O/c1-13-6-8-15(9-7-13)18-10-17(14-4-2-3-5-14)19(20(21)23-18)22-16-11-24-12-16/h6-10,14,16,22H,2-5,11-12H2,1H3,(H2,21,23). The molecule has 2 aromatic rings. The van der Waals surface area contributed by atoms with E-state index in [9.17, 15) is 0 Å². The van der Waals surface area contributed by atoms with Crippen molar-refractivity contribution in [3.63, 3.8) is 0 Å². The Morgan fingerprint density at radius 2 is 1.83 bits per heavy atom. The third-order valence-electron chi connectivity index (χ3n) is 5.21. The molecule has 4 rings (SSSR count). The number of nitrogen functional groups attached to an aromatic ring is 1. The Balaban J connectivity index is 1.74. The van der Waals surface area contributed by atoms with E-state index in [0.29, 0.717) is 17.8 Å². The fraction of sp³-hybridized carbons (Fsp3) is 0.450. The number of hydrogen-bond acceptors (Lipinski definition) is 4. The van der Waals surface area contributed by atoms with Crippen LogP contribution in [0.3, 0.4) is 0 Å². The summed E-state index contributed by atoms with van der Waals surface area (Å²) in [6.45, 7) is 3.61. The molecule has 0 radical (unpaired) electrons. The molecular formula is C20H25N3O. The summed E-state index contributed by atoms with van der Waals surface area (Å²) in [6, 6.07) is 11.1. The van der Waals surface area contributed by atoms with Crippen molar-refractivity contribution in [1.29, 1.82) is 0 Å². The molecule has 4 heteroatoms. The summed E-state index contributed by atoms with van der Waals surface area (Å²) in [5.74, 6) is 1.20. The number of rotatable bonds is 4. The molecule has 0 bridgehead atoms. The zero-order valence-electron chi connectivity index (χ0n) is 14.2. The van der Waals surface area contributed by atoms with E-state index in [2.05, 4.69) is 42.6 Å². The molecule has 4 nitrogen and oxygen atoms in total. The number of anilines is 2. The summed E-state index contributed by atoms with van der Waals surface area (Å²) < 4.78 is 5.29. The lowest BCUT2D eigenvalue weighted by Gasteiger charge is -2.30. The molecular weight excluding hydrogens is 298 g/mol. The normalized spacial score (nSPS) is 18.5. The predicted octanol–water partition coefficient (Wildman–Crippen LogP) is 4.11. The van der Waals surface area contributed by atoms with Crippen molar-refractivity contribution in [3.05, 3.63) is 41.5 Å². The fourth-order valence-corrected chi connectivity index (χ4v) is 3.70. The van der Waals surface area contributed by atoms with E-state index in [1.54, 1.807) is 0 Å². The fourth-order valence-electron chi connectivity index (χ4n) is 3.70. The minimum absolute atomic E-state index is 0.361. The average Bonchev–Trinajstić information content (AvgIpc) is 3.06. The SMILES string of the molecule is Cc1ccc(-c2cc(C3CCCC3)c(NC3COC3)c(N)n2)cc1. The van der Waals surface area contributed by atoms with Gasteiger partial charge in [0.2, 0.25) is 0 Å². The van der Waals surface area contributed by atoms with E-state index in [0.717, 1.165) is 30.2 Å². The third kappa shape index (κ3) is 2.98. The van der Waals surface area contributed by atoms with Gasteiger partial charge in [0.15, 0.2) is 0 Å². The van der Waals surface area contributed by atoms with Crippen LogP contribution in [0.4, 0.5) is 11.5 Å². The third-order valence-corrected chi connectivity index (χ3v) is 5.21. The highest BCUT2D eigenvalue weighted by molar-refractivity contribution is 5.74. The summed E-state index contributed by atoms with van der Waals surface area (Å²) in [6.07, 6.45) is 5.09. The largest absolute Gasteiger partial charge is 0.382 e. The Labute approximate surface area is 143 Å². The maximum atomic E-state index is 6.37. The molecule has 3 N–H and O–H groups in total. The van der Waals surface area contributed by atoms with Crippen LogP contribution in [-0.4, -0.2) is 24.2 Å². The van der Waals surface area contributed by atoms with Crippen LogP contribution in [0.5, 0.6) is 0 Å². The van der Waals surface area contributed by atoms with E-state index < -0.39 is 0 Å². The van der Waals surface area contributed by atoms with Crippen LogP contribution in [0, 0.1) is 6.92 Å². The van der Waals surface area contributed by atoms with Gasteiger partial charge < -0.3 is 15.8 Å². The van der Waals surface area contributed by atoms with Crippen molar-refractivity contribution in [2.75, 3.05) is 24.3 Å². The van der Waals surface area contributed by atoms with Crippen LogP contribution in [0.15, 0.2) is 30.3 Å². The summed E-state index contributed by atoms with van der Waals surface area (Å²) in [7, 11) is 0. The first-order chi connectivity index (χ1) is 11.7. The van der Waals surface area contributed by atoms with Crippen molar-refractivity contribution in [1.82, 2.24) is 4.98 Å². The maximum absolute atomic E-state index is 6.37. The van der Waals surface area contributed by atoms with Gasteiger partial charge in [-0.25, -0.2) is 4.98 Å². The molecule has 1 aliphatic carbocycles. The Morgan fingerprint density at radius 1 is 1.12 bits per heavy atom. The zero-order chi connectivity index (χ0) is 16.5. The first-order valence-electron chi connectivity index (χ1n) is 8.92. The zero-order valence-corrected chi connectivity index (χ0v) is 14.2. The lowest BCUT2D eigenvalue weighted by Crippen LogP contribution is -2.40. The molecule has 2 heterocycles. The molecule has 2 fully saturated rings. The van der Waals surface area contributed by atoms with Gasteiger partial charge in [-0.1, -0.05) is 42.7 Å². The van der Waals surface area contributed by atoms with Crippen molar-refractivity contribution >= 4 is 11.5 Å². The second-order valence-corrected chi connectivity index (χ2v) is 7.08.